The number of methoxy groups -OCH3 is 1. The van der Waals surface area contributed by atoms with Crippen molar-refractivity contribution in [2.75, 3.05) is 7.11 Å². The summed E-state index contributed by atoms with van der Waals surface area (Å²) < 4.78 is 5.21. The lowest BCUT2D eigenvalue weighted by atomic mass is 10.0. The third-order valence-electron chi connectivity index (χ3n) is 2.87. The highest BCUT2D eigenvalue weighted by atomic mass is 16.5. The van der Waals surface area contributed by atoms with Gasteiger partial charge in [0.05, 0.1) is 24.5 Å². The fraction of sp³-hybridized carbons (Fsp3) is 0.357. The zero-order valence-electron chi connectivity index (χ0n) is 11.4. The standard InChI is InChI=1S/C14H18N4O/c1-9(2)13(15)14-17-11(8-12(18-14)19-3)10-6-4-5-7-16-10/h4-9,13H,15H2,1-3H3. The molecule has 1 unspecified atom stereocenters. The van der Waals surface area contributed by atoms with Gasteiger partial charge in [-0.2, -0.15) is 4.98 Å². The molecule has 19 heavy (non-hydrogen) atoms. The minimum atomic E-state index is -0.224. The first-order valence-corrected chi connectivity index (χ1v) is 6.21. The Morgan fingerprint density at radius 1 is 1.16 bits per heavy atom. The Morgan fingerprint density at radius 2 is 1.95 bits per heavy atom. The summed E-state index contributed by atoms with van der Waals surface area (Å²) >= 11 is 0. The summed E-state index contributed by atoms with van der Waals surface area (Å²) in [5, 5.41) is 0. The normalized spacial score (nSPS) is 12.5. The van der Waals surface area contributed by atoms with E-state index in [4.69, 9.17) is 10.5 Å². The van der Waals surface area contributed by atoms with E-state index in [1.165, 1.54) is 0 Å². The number of hydrogen-bond acceptors (Lipinski definition) is 5. The molecule has 0 amide bonds. The molecular formula is C14H18N4O. The van der Waals surface area contributed by atoms with E-state index in [9.17, 15) is 0 Å². The Balaban J connectivity index is 2.48. The molecule has 2 rings (SSSR count). The predicted octanol–water partition coefficient (Wildman–Crippen LogP) is 2.20. The maximum Gasteiger partial charge on any atom is 0.217 e. The molecule has 0 aliphatic carbocycles. The SMILES string of the molecule is COc1cc(-c2ccccn2)nc(C(N)C(C)C)n1. The summed E-state index contributed by atoms with van der Waals surface area (Å²) in [5.74, 6) is 1.33. The van der Waals surface area contributed by atoms with Gasteiger partial charge < -0.3 is 10.5 Å². The fourth-order valence-corrected chi connectivity index (χ4v) is 1.64. The Hall–Kier alpha value is -2.01. The Morgan fingerprint density at radius 3 is 2.53 bits per heavy atom. The second kappa shape index (κ2) is 5.75. The van der Waals surface area contributed by atoms with Crippen molar-refractivity contribution in [1.82, 2.24) is 15.0 Å². The van der Waals surface area contributed by atoms with Gasteiger partial charge in [-0.3, -0.25) is 4.98 Å². The first-order chi connectivity index (χ1) is 9.11. The van der Waals surface area contributed by atoms with Gasteiger partial charge in [-0.15, -0.1) is 0 Å². The molecule has 2 N–H and O–H groups in total. The van der Waals surface area contributed by atoms with Crippen LogP contribution in [0.2, 0.25) is 0 Å². The number of pyridine rings is 1. The van der Waals surface area contributed by atoms with Gasteiger partial charge >= 0.3 is 0 Å². The number of ether oxygens (including phenoxy) is 1. The van der Waals surface area contributed by atoms with Gasteiger partial charge in [-0.25, -0.2) is 4.98 Å². The van der Waals surface area contributed by atoms with Gasteiger partial charge in [-0.1, -0.05) is 19.9 Å². The largest absolute Gasteiger partial charge is 0.481 e. The molecule has 0 saturated heterocycles. The van der Waals surface area contributed by atoms with Crippen LogP contribution in [0.4, 0.5) is 0 Å². The Labute approximate surface area is 112 Å². The smallest absolute Gasteiger partial charge is 0.217 e. The molecule has 2 aromatic heterocycles. The van der Waals surface area contributed by atoms with Crippen LogP contribution < -0.4 is 10.5 Å². The first-order valence-electron chi connectivity index (χ1n) is 6.21. The quantitative estimate of drug-likeness (QED) is 0.910. The molecule has 0 bridgehead atoms. The van der Waals surface area contributed by atoms with E-state index in [0.29, 0.717) is 11.7 Å². The topological polar surface area (TPSA) is 73.9 Å². The average molecular weight is 258 g/mol. The molecule has 0 fully saturated rings. The van der Waals surface area contributed by atoms with E-state index in [-0.39, 0.29) is 12.0 Å². The highest BCUT2D eigenvalue weighted by molar-refractivity contribution is 5.55. The third kappa shape index (κ3) is 3.06. The molecule has 0 aliphatic rings. The van der Waals surface area contributed by atoms with E-state index in [2.05, 4.69) is 15.0 Å². The summed E-state index contributed by atoms with van der Waals surface area (Å²) in [6.45, 7) is 4.07. The van der Waals surface area contributed by atoms with Gasteiger partial charge in [-0.05, 0) is 18.1 Å². The lowest BCUT2D eigenvalue weighted by molar-refractivity contribution is 0.389. The van der Waals surface area contributed by atoms with Crippen molar-refractivity contribution in [3.8, 4) is 17.3 Å². The molecule has 1 atom stereocenters. The van der Waals surface area contributed by atoms with Crippen LogP contribution in [0.25, 0.3) is 11.4 Å². The molecular weight excluding hydrogens is 240 g/mol. The van der Waals surface area contributed by atoms with Crippen molar-refractivity contribution in [3.63, 3.8) is 0 Å². The van der Waals surface area contributed by atoms with Crippen molar-refractivity contribution >= 4 is 0 Å². The molecule has 5 nitrogen and oxygen atoms in total. The van der Waals surface area contributed by atoms with Crippen LogP contribution in [-0.4, -0.2) is 22.1 Å². The molecule has 0 aromatic carbocycles. The zero-order valence-corrected chi connectivity index (χ0v) is 11.4. The number of nitrogens with zero attached hydrogens (tertiary/aromatic N) is 3. The second-order valence-corrected chi connectivity index (χ2v) is 4.64. The summed E-state index contributed by atoms with van der Waals surface area (Å²) in [6.07, 6.45) is 1.73. The molecule has 2 aromatic rings. The Bertz CT molecular complexity index is 542. The van der Waals surface area contributed by atoms with E-state index < -0.39 is 0 Å². The third-order valence-corrected chi connectivity index (χ3v) is 2.87. The van der Waals surface area contributed by atoms with Crippen molar-refractivity contribution in [2.24, 2.45) is 11.7 Å². The summed E-state index contributed by atoms with van der Waals surface area (Å²) in [6, 6.07) is 7.21. The molecule has 0 aliphatic heterocycles. The number of nitrogens with two attached hydrogens (primary N) is 1. The minimum absolute atomic E-state index is 0.224. The van der Waals surface area contributed by atoms with E-state index >= 15 is 0 Å². The van der Waals surface area contributed by atoms with Crippen LogP contribution >= 0.6 is 0 Å². The second-order valence-electron chi connectivity index (χ2n) is 4.64. The molecule has 0 radical (unpaired) electrons. The molecule has 2 heterocycles. The highest BCUT2D eigenvalue weighted by Crippen LogP contribution is 2.23. The summed E-state index contributed by atoms with van der Waals surface area (Å²) in [7, 11) is 1.58. The van der Waals surface area contributed by atoms with Crippen molar-refractivity contribution in [2.45, 2.75) is 19.9 Å². The fourth-order valence-electron chi connectivity index (χ4n) is 1.64. The molecule has 0 spiro atoms. The van der Waals surface area contributed by atoms with Crippen molar-refractivity contribution in [3.05, 3.63) is 36.3 Å². The minimum Gasteiger partial charge on any atom is -0.481 e. The van der Waals surface area contributed by atoms with Gasteiger partial charge in [0.25, 0.3) is 0 Å². The number of aromatic nitrogens is 3. The van der Waals surface area contributed by atoms with Gasteiger partial charge in [0.1, 0.15) is 5.82 Å². The van der Waals surface area contributed by atoms with Crippen LogP contribution in [-0.2, 0) is 0 Å². The maximum atomic E-state index is 6.11. The Kier molecular flexibility index (Phi) is 4.06. The molecule has 100 valence electrons. The van der Waals surface area contributed by atoms with E-state index in [0.717, 1.165) is 11.4 Å². The van der Waals surface area contributed by atoms with E-state index in [1.54, 1.807) is 19.4 Å². The van der Waals surface area contributed by atoms with Crippen LogP contribution in [0, 0.1) is 5.92 Å². The monoisotopic (exact) mass is 258 g/mol. The average Bonchev–Trinajstić information content (AvgIpc) is 2.46. The molecule has 5 heteroatoms. The van der Waals surface area contributed by atoms with Crippen LogP contribution in [0.15, 0.2) is 30.5 Å². The zero-order chi connectivity index (χ0) is 13.8. The van der Waals surface area contributed by atoms with Gasteiger partial charge in [0, 0.05) is 12.3 Å². The van der Waals surface area contributed by atoms with Gasteiger partial charge in [0.15, 0.2) is 0 Å². The summed E-state index contributed by atoms with van der Waals surface area (Å²) in [4.78, 5) is 13.1. The van der Waals surface area contributed by atoms with Crippen molar-refractivity contribution < 1.29 is 4.74 Å². The molecule has 0 saturated carbocycles. The van der Waals surface area contributed by atoms with E-state index in [1.807, 2.05) is 32.0 Å². The van der Waals surface area contributed by atoms with Crippen molar-refractivity contribution in [1.29, 1.82) is 0 Å². The van der Waals surface area contributed by atoms with Crippen LogP contribution in [0.5, 0.6) is 5.88 Å². The summed E-state index contributed by atoms with van der Waals surface area (Å²) in [5.41, 5.74) is 7.61. The lowest BCUT2D eigenvalue weighted by Crippen LogP contribution is -2.20. The van der Waals surface area contributed by atoms with Crippen LogP contribution in [0.3, 0.4) is 0 Å². The number of rotatable bonds is 4. The van der Waals surface area contributed by atoms with Gasteiger partial charge in [0.2, 0.25) is 5.88 Å². The number of hydrogen-bond donors (Lipinski definition) is 1. The van der Waals surface area contributed by atoms with Crippen LogP contribution in [0.1, 0.15) is 25.7 Å². The maximum absolute atomic E-state index is 6.11. The lowest BCUT2D eigenvalue weighted by Gasteiger charge is -2.15. The highest BCUT2D eigenvalue weighted by Gasteiger charge is 2.16. The predicted molar refractivity (Wildman–Crippen MR) is 73.6 cm³/mol. The first kappa shape index (κ1) is 13.4.